The van der Waals surface area contributed by atoms with Crippen LogP contribution in [0.1, 0.15) is 10.4 Å². The van der Waals surface area contributed by atoms with Crippen LogP contribution in [0.15, 0.2) is 79.0 Å². The molecule has 0 radical (unpaired) electrons. The maximum atomic E-state index is 12.3. The molecular formula is C22H16N2O3. The van der Waals surface area contributed by atoms with Crippen molar-refractivity contribution in [3.8, 4) is 22.8 Å². The zero-order valence-electron chi connectivity index (χ0n) is 14.6. The van der Waals surface area contributed by atoms with Crippen LogP contribution < -0.4 is 9.47 Å². The molecule has 0 fully saturated rings. The summed E-state index contributed by atoms with van der Waals surface area (Å²) < 4.78 is 10.5. The number of carbonyl (C=O) groups is 1. The van der Waals surface area contributed by atoms with Gasteiger partial charge in [0.15, 0.2) is 0 Å². The molecule has 0 unspecified atom stereocenters. The smallest absolute Gasteiger partial charge is 0.343 e. The zero-order chi connectivity index (χ0) is 18.6. The van der Waals surface area contributed by atoms with Crippen LogP contribution in [0, 0.1) is 0 Å². The summed E-state index contributed by atoms with van der Waals surface area (Å²) in [5.41, 5.74) is 3.76. The van der Waals surface area contributed by atoms with Gasteiger partial charge >= 0.3 is 5.97 Å². The summed E-state index contributed by atoms with van der Waals surface area (Å²) in [7, 11) is 1.56. The lowest BCUT2D eigenvalue weighted by molar-refractivity contribution is 0.0734. The van der Waals surface area contributed by atoms with E-state index in [4.69, 9.17) is 9.47 Å². The molecule has 0 spiro atoms. The van der Waals surface area contributed by atoms with Gasteiger partial charge < -0.3 is 9.47 Å². The molecule has 5 heteroatoms. The Morgan fingerprint density at radius 1 is 0.852 bits per heavy atom. The quantitative estimate of drug-likeness (QED) is 0.397. The van der Waals surface area contributed by atoms with E-state index in [0.29, 0.717) is 17.1 Å². The molecule has 0 amide bonds. The summed E-state index contributed by atoms with van der Waals surface area (Å²) in [5, 5.41) is 0. The fourth-order valence-electron chi connectivity index (χ4n) is 2.70. The molecule has 0 aliphatic rings. The van der Waals surface area contributed by atoms with Crippen LogP contribution in [0.2, 0.25) is 0 Å². The van der Waals surface area contributed by atoms with Crippen molar-refractivity contribution in [2.75, 3.05) is 7.11 Å². The van der Waals surface area contributed by atoms with Gasteiger partial charge in [-0.3, -0.25) is 4.98 Å². The Balaban J connectivity index is 1.54. The first-order valence-corrected chi connectivity index (χ1v) is 8.41. The van der Waals surface area contributed by atoms with Crippen LogP contribution in [-0.2, 0) is 0 Å². The third-order valence-corrected chi connectivity index (χ3v) is 4.12. The van der Waals surface area contributed by atoms with Crippen molar-refractivity contribution in [3.05, 3.63) is 84.6 Å². The number of hydrogen-bond acceptors (Lipinski definition) is 5. The summed E-state index contributed by atoms with van der Waals surface area (Å²) in [6.45, 7) is 0. The van der Waals surface area contributed by atoms with Crippen molar-refractivity contribution < 1.29 is 14.3 Å². The first-order valence-electron chi connectivity index (χ1n) is 8.41. The molecule has 5 nitrogen and oxygen atoms in total. The summed E-state index contributed by atoms with van der Waals surface area (Å²) in [5.74, 6) is 0.633. The lowest BCUT2D eigenvalue weighted by Crippen LogP contribution is -2.08. The second kappa shape index (κ2) is 7.25. The Kier molecular flexibility index (Phi) is 4.49. The van der Waals surface area contributed by atoms with Gasteiger partial charge in [0.1, 0.15) is 11.5 Å². The van der Waals surface area contributed by atoms with Crippen molar-refractivity contribution in [1.29, 1.82) is 0 Å². The lowest BCUT2D eigenvalue weighted by atomic mass is 10.1. The van der Waals surface area contributed by atoms with Crippen LogP contribution in [0.25, 0.3) is 22.3 Å². The van der Waals surface area contributed by atoms with Crippen LogP contribution in [-0.4, -0.2) is 23.0 Å². The molecule has 0 atom stereocenters. The minimum absolute atomic E-state index is 0.431. The fraction of sp³-hybridized carbons (Fsp3) is 0.0455. The number of nitrogens with zero attached hydrogens (tertiary/aromatic N) is 2. The molecule has 3 aromatic carbocycles. The van der Waals surface area contributed by atoms with Crippen molar-refractivity contribution in [2.45, 2.75) is 0 Å². The van der Waals surface area contributed by atoms with Crippen LogP contribution in [0.5, 0.6) is 11.5 Å². The summed E-state index contributed by atoms with van der Waals surface area (Å²) in [4.78, 5) is 21.4. The number of esters is 1. The Labute approximate surface area is 156 Å². The topological polar surface area (TPSA) is 61.3 Å². The molecule has 27 heavy (non-hydrogen) atoms. The average Bonchev–Trinajstić information content (AvgIpc) is 2.73. The fourth-order valence-corrected chi connectivity index (χ4v) is 2.70. The number of benzene rings is 3. The van der Waals surface area contributed by atoms with E-state index in [-0.39, 0.29) is 0 Å². The molecule has 4 rings (SSSR count). The monoisotopic (exact) mass is 356 g/mol. The molecule has 0 aliphatic heterocycles. The molecule has 0 N–H and O–H groups in total. The Hall–Kier alpha value is -3.73. The van der Waals surface area contributed by atoms with E-state index in [1.807, 2.05) is 36.4 Å². The van der Waals surface area contributed by atoms with E-state index in [0.717, 1.165) is 22.3 Å². The number of rotatable bonds is 4. The number of fused-ring (bicyclic) bond motifs is 1. The first-order chi connectivity index (χ1) is 13.2. The third kappa shape index (κ3) is 3.62. The summed E-state index contributed by atoms with van der Waals surface area (Å²) >= 11 is 0. The van der Waals surface area contributed by atoms with Gasteiger partial charge in [-0.15, -0.1) is 0 Å². The van der Waals surface area contributed by atoms with Gasteiger partial charge in [-0.25, -0.2) is 9.78 Å². The first kappa shape index (κ1) is 16.7. The lowest BCUT2D eigenvalue weighted by Gasteiger charge is -2.07. The van der Waals surface area contributed by atoms with Gasteiger partial charge in [0.05, 0.1) is 35.6 Å². The molecule has 0 saturated carbocycles. The predicted molar refractivity (Wildman–Crippen MR) is 103 cm³/mol. The number of methoxy groups -OCH3 is 1. The second-order valence-electron chi connectivity index (χ2n) is 5.89. The van der Waals surface area contributed by atoms with Gasteiger partial charge in [-0.05, 0) is 36.4 Å². The maximum absolute atomic E-state index is 12.3. The van der Waals surface area contributed by atoms with E-state index >= 15 is 0 Å². The van der Waals surface area contributed by atoms with Crippen LogP contribution in [0.3, 0.4) is 0 Å². The highest BCUT2D eigenvalue weighted by Gasteiger charge is 2.10. The van der Waals surface area contributed by atoms with E-state index in [9.17, 15) is 4.79 Å². The van der Waals surface area contributed by atoms with E-state index in [1.54, 1.807) is 49.7 Å². The molecule has 0 bridgehead atoms. The maximum Gasteiger partial charge on any atom is 0.343 e. The minimum Gasteiger partial charge on any atom is -0.497 e. The molecule has 132 valence electrons. The number of hydrogen-bond donors (Lipinski definition) is 0. The Morgan fingerprint density at radius 3 is 2.37 bits per heavy atom. The number of carbonyl (C=O) groups excluding carboxylic acids is 1. The van der Waals surface area contributed by atoms with Gasteiger partial charge in [0, 0.05) is 11.6 Å². The van der Waals surface area contributed by atoms with Gasteiger partial charge in [-0.1, -0.05) is 30.3 Å². The van der Waals surface area contributed by atoms with Crippen molar-refractivity contribution in [2.24, 2.45) is 0 Å². The van der Waals surface area contributed by atoms with Gasteiger partial charge in [-0.2, -0.15) is 0 Å². The highest BCUT2D eigenvalue weighted by molar-refractivity contribution is 5.91. The van der Waals surface area contributed by atoms with Crippen molar-refractivity contribution in [3.63, 3.8) is 0 Å². The normalized spacial score (nSPS) is 10.6. The molecule has 1 heterocycles. The summed E-state index contributed by atoms with van der Waals surface area (Å²) in [6.07, 6.45) is 1.73. The molecule has 0 saturated heterocycles. The largest absolute Gasteiger partial charge is 0.497 e. The van der Waals surface area contributed by atoms with E-state index in [2.05, 4.69) is 9.97 Å². The highest BCUT2D eigenvalue weighted by atomic mass is 16.5. The van der Waals surface area contributed by atoms with Crippen molar-refractivity contribution in [1.82, 2.24) is 9.97 Å². The zero-order valence-corrected chi connectivity index (χ0v) is 14.6. The number of ether oxygens (including phenoxy) is 2. The van der Waals surface area contributed by atoms with Crippen molar-refractivity contribution >= 4 is 17.0 Å². The number of para-hydroxylation sites is 2. The van der Waals surface area contributed by atoms with Crippen LogP contribution in [0.4, 0.5) is 0 Å². The minimum atomic E-state index is -0.431. The molecular weight excluding hydrogens is 340 g/mol. The standard InChI is InChI=1S/C22H16N2O3/c1-26-17-5-4-6-18(13-17)27-22(25)16-11-9-15(10-12-16)21-14-23-19-7-2-3-8-20(19)24-21/h2-14H,1H3. The Bertz CT molecular complexity index is 1110. The summed E-state index contributed by atoms with van der Waals surface area (Å²) in [6, 6.07) is 21.7. The van der Waals surface area contributed by atoms with E-state index < -0.39 is 5.97 Å². The number of aromatic nitrogens is 2. The average molecular weight is 356 g/mol. The van der Waals surface area contributed by atoms with E-state index in [1.165, 1.54) is 0 Å². The molecule has 4 aromatic rings. The Morgan fingerprint density at radius 2 is 1.59 bits per heavy atom. The second-order valence-corrected chi connectivity index (χ2v) is 5.89. The van der Waals surface area contributed by atoms with Gasteiger partial charge in [0.2, 0.25) is 0 Å². The molecule has 0 aliphatic carbocycles. The van der Waals surface area contributed by atoms with Gasteiger partial charge in [0.25, 0.3) is 0 Å². The predicted octanol–water partition coefficient (Wildman–Crippen LogP) is 4.52. The third-order valence-electron chi connectivity index (χ3n) is 4.12. The highest BCUT2D eigenvalue weighted by Crippen LogP contribution is 2.22. The SMILES string of the molecule is COc1cccc(OC(=O)c2ccc(-c3cnc4ccccc4n3)cc2)c1. The van der Waals surface area contributed by atoms with Crippen LogP contribution >= 0.6 is 0 Å². The molecule has 1 aromatic heterocycles.